The van der Waals surface area contributed by atoms with Crippen molar-refractivity contribution in [3.63, 3.8) is 0 Å². The van der Waals surface area contributed by atoms with E-state index >= 15 is 0 Å². The number of hydrogen-bond donors (Lipinski definition) is 2. The first kappa shape index (κ1) is 13.9. The summed E-state index contributed by atoms with van der Waals surface area (Å²) >= 11 is 0. The summed E-state index contributed by atoms with van der Waals surface area (Å²) in [5.41, 5.74) is 1.40. The first-order valence-corrected chi connectivity index (χ1v) is 6.77. The molecule has 1 aliphatic heterocycles. The van der Waals surface area contributed by atoms with Gasteiger partial charge in [0.05, 0.1) is 18.3 Å². The molecule has 19 heavy (non-hydrogen) atoms. The number of hydrogen-bond acceptors (Lipinski definition) is 4. The number of benzene rings is 1. The summed E-state index contributed by atoms with van der Waals surface area (Å²) in [7, 11) is 0. The molecule has 0 radical (unpaired) electrons. The highest BCUT2D eigenvalue weighted by atomic mass is 16.5. The molecule has 0 aromatic heterocycles. The summed E-state index contributed by atoms with van der Waals surface area (Å²) in [4.78, 5) is 12.2. The van der Waals surface area contributed by atoms with E-state index in [0.29, 0.717) is 5.56 Å². The van der Waals surface area contributed by atoms with Crippen molar-refractivity contribution in [3.8, 4) is 5.75 Å². The predicted molar refractivity (Wildman–Crippen MR) is 77.1 cm³/mol. The second-order valence-corrected chi connectivity index (χ2v) is 5.57. The monoisotopic (exact) mass is 262 g/mol. The summed E-state index contributed by atoms with van der Waals surface area (Å²) in [5, 5.41) is 6.46. The lowest BCUT2D eigenvalue weighted by atomic mass is 10.0. The Balaban J connectivity index is 2.20. The largest absolute Gasteiger partial charge is 0.484 e. The van der Waals surface area contributed by atoms with Crippen LogP contribution in [0.15, 0.2) is 18.2 Å². The molecule has 104 valence electrons. The zero-order valence-corrected chi connectivity index (χ0v) is 12.0. The Morgan fingerprint density at radius 3 is 2.95 bits per heavy atom. The van der Waals surface area contributed by atoms with Gasteiger partial charge in [0.25, 0.3) is 0 Å². The van der Waals surface area contributed by atoms with Gasteiger partial charge in [-0.3, -0.25) is 4.79 Å². The van der Waals surface area contributed by atoms with Crippen LogP contribution in [0.4, 0.5) is 5.69 Å². The van der Waals surface area contributed by atoms with Crippen molar-refractivity contribution in [2.45, 2.75) is 39.3 Å². The van der Waals surface area contributed by atoms with Crippen LogP contribution in [0.1, 0.15) is 38.1 Å². The first-order valence-electron chi connectivity index (χ1n) is 6.77. The number of carbonyl (C=O) groups is 1. The lowest BCUT2D eigenvalue weighted by Gasteiger charge is -2.33. The zero-order chi connectivity index (χ0) is 14.0. The van der Waals surface area contributed by atoms with Gasteiger partial charge in [-0.1, -0.05) is 6.92 Å². The number of Topliss-reactive ketones (excluding diaryl/α,β-unsaturated/α-hetero) is 1. The number of nitrogens with one attached hydrogen (secondary N) is 2. The van der Waals surface area contributed by atoms with Gasteiger partial charge in [0.1, 0.15) is 11.4 Å². The second kappa shape index (κ2) is 5.21. The molecular formula is C15H22N2O2. The fourth-order valence-corrected chi connectivity index (χ4v) is 2.20. The molecule has 4 heteroatoms. The van der Waals surface area contributed by atoms with Gasteiger partial charge in [-0.25, -0.2) is 0 Å². The van der Waals surface area contributed by atoms with Crippen LogP contribution in [0.25, 0.3) is 0 Å². The Kier molecular flexibility index (Phi) is 3.80. The van der Waals surface area contributed by atoms with Crippen LogP contribution in [0.2, 0.25) is 0 Å². The Labute approximate surface area is 114 Å². The minimum atomic E-state index is -0.213. The van der Waals surface area contributed by atoms with Crippen LogP contribution in [-0.2, 0) is 0 Å². The molecule has 1 heterocycles. The minimum Gasteiger partial charge on any atom is -0.484 e. The van der Waals surface area contributed by atoms with Gasteiger partial charge in [-0.15, -0.1) is 0 Å². The van der Waals surface area contributed by atoms with Crippen molar-refractivity contribution >= 4 is 11.5 Å². The van der Waals surface area contributed by atoms with Crippen LogP contribution in [0.3, 0.4) is 0 Å². The number of likely N-dealkylation sites (N-methyl/N-ethyl adjacent to an activating group) is 1. The molecule has 1 aromatic carbocycles. The van der Waals surface area contributed by atoms with Gasteiger partial charge < -0.3 is 15.4 Å². The molecule has 0 fully saturated rings. The zero-order valence-electron chi connectivity index (χ0n) is 12.0. The summed E-state index contributed by atoms with van der Waals surface area (Å²) in [6.45, 7) is 9.48. The molecular weight excluding hydrogens is 240 g/mol. The average Bonchev–Trinajstić information content (AvgIpc) is 2.36. The van der Waals surface area contributed by atoms with E-state index in [2.05, 4.69) is 10.6 Å². The molecule has 0 saturated carbocycles. The van der Waals surface area contributed by atoms with Gasteiger partial charge in [0, 0.05) is 5.56 Å². The minimum absolute atomic E-state index is 0.108. The molecule has 0 aliphatic carbocycles. The molecule has 2 N–H and O–H groups in total. The number of anilines is 1. The molecule has 1 aromatic rings. The Bertz CT molecular complexity index is 483. The van der Waals surface area contributed by atoms with Crippen molar-refractivity contribution < 1.29 is 9.53 Å². The second-order valence-electron chi connectivity index (χ2n) is 5.57. The number of fused-ring (bicyclic) bond motifs is 1. The van der Waals surface area contributed by atoms with E-state index < -0.39 is 0 Å². The van der Waals surface area contributed by atoms with Crippen molar-refractivity contribution in [1.29, 1.82) is 0 Å². The van der Waals surface area contributed by atoms with Gasteiger partial charge in [0.15, 0.2) is 5.78 Å². The van der Waals surface area contributed by atoms with Gasteiger partial charge in [-0.05, 0) is 45.5 Å². The first-order chi connectivity index (χ1) is 8.93. The average molecular weight is 262 g/mol. The van der Waals surface area contributed by atoms with Gasteiger partial charge in [-0.2, -0.15) is 0 Å². The molecule has 0 bridgehead atoms. The lowest BCUT2D eigenvalue weighted by molar-refractivity contribution is 0.0951. The van der Waals surface area contributed by atoms with Crippen LogP contribution < -0.4 is 15.4 Å². The molecule has 4 nitrogen and oxygen atoms in total. The maximum atomic E-state index is 12.2. The van der Waals surface area contributed by atoms with E-state index in [-0.39, 0.29) is 17.4 Å². The highest BCUT2D eigenvalue weighted by Gasteiger charge is 2.27. The third-order valence-electron chi connectivity index (χ3n) is 3.26. The maximum absolute atomic E-state index is 12.2. The normalized spacial score (nSPS) is 17.9. The van der Waals surface area contributed by atoms with E-state index in [1.54, 1.807) is 0 Å². The quantitative estimate of drug-likeness (QED) is 0.818. The number of ketones is 1. The lowest BCUT2D eigenvalue weighted by Crippen LogP contribution is -2.40. The van der Waals surface area contributed by atoms with E-state index in [9.17, 15) is 4.79 Å². The summed E-state index contributed by atoms with van der Waals surface area (Å²) < 4.78 is 5.87. The van der Waals surface area contributed by atoms with Crippen LogP contribution in [0, 0.1) is 0 Å². The third-order valence-corrected chi connectivity index (χ3v) is 3.26. The SMILES string of the molecule is CCNC(C)C(=O)c1ccc2c(c1)NCC(C)(C)O2. The molecule has 0 amide bonds. The summed E-state index contributed by atoms with van der Waals surface area (Å²) in [5.74, 6) is 0.917. The molecule has 0 spiro atoms. The smallest absolute Gasteiger partial charge is 0.179 e. The Morgan fingerprint density at radius 2 is 2.26 bits per heavy atom. The summed E-state index contributed by atoms with van der Waals surface area (Å²) in [6, 6.07) is 5.41. The van der Waals surface area contributed by atoms with E-state index in [1.807, 2.05) is 45.9 Å². The Hall–Kier alpha value is -1.55. The van der Waals surface area contributed by atoms with Crippen molar-refractivity contribution in [2.24, 2.45) is 0 Å². The van der Waals surface area contributed by atoms with E-state index in [1.165, 1.54) is 0 Å². The number of ether oxygens (including phenoxy) is 1. The molecule has 1 unspecified atom stereocenters. The molecule has 2 rings (SSSR count). The van der Waals surface area contributed by atoms with Crippen molar-refractivity contribution in [1.82, 2.24) is 5.32 Å². The number of rotatable bonds is 4. The van der Waals surface area contributed by atoms with E-state index in [4.69, 9.17) is 4.74 Å². The topological polar surface area (TPSA) is 50.4 Å². The van der Waals surface area contributed by atoms with Crippen molar-refractivity contribution in [2.75, 3.05) is 18.4 Å². The van der Waals surface area contributed by atoms with Crippen LogP contribution >= 0.6 is 0 Å². The van der Waals surface area contributed by atoms with Gasteiger partial charge in [0.2, 0.25) is 0 Å². The highest BCUT2D eigenvalue weighted by molar-refractivity contribution is 6.01. The Morgan fingerprint density at radius 1 is 1.53 bits per heavy atom. The predicted octanol–water partition coefficient (Wildman–Crippen LogP) is 2.45. The standard InChI is InChI=1S/C15H22N2O2/c1-5-16-10(2)14(18)11-6-7-13-12(8-11)17-9-15(3,4)19-13/h6-8,10,16-17H,5,9H2,1-4H3. The molecule has 1 aliphatic rings. The fraction of sp³-hybridized carbons (Fsp3) is 0.533. The van der Waals surface area contributed by atoms with Crippen LogP contribution in [-0.4, -0.2) is 30.5 Å². The van der Waals surface area contributed by atoms with Crippen LogP contribution in [0.5, 0.6) is 5.75 Å². The van der Waals surface area contributed by atoms with Gasteiger partial charge >= 0.3 is 0 Å². The molecule has 1 atom stereocenters. The summed E-state index contributed by atoms with van der Waals surface area (Å²) in [6.07, 6.45) is 0. The van der Waals surface area contributed by atoms with Crippen molar-refractivity contribution in [3.05, 3.63) is 23.8 Å². The maximum Gasteiger partial charge on any atom is 0.179 e. The van der Waals surface area contributed by atoms with E-state index in [0.717, 1.165) is 24.5 Å². The third kappa shape index (κ3) is 3.07. The fourth-order valence-electron chi connectivity index (χ4n) is 2.20. The highest BCUT2D eigenvalue weighted by Crippen LogP contribution is 2.33. The number of carbonyl (C=O) groups excluding carboxylic acids is 1. The molecule has 0 saturated heterocycles.